The van der Waals surface area contributed by atoms with Gasteiger partial charge in [-0.25, -0.2) is 0 Å². The van der Waals surface area contributed by atoms with E-state index in [1.165, 1.54) is 5.56 Å². The Morgan fingerprint density at radius 1 is 1.41 bits per heavy atom. The molecule has 1 aliphatic rings. The molecule has 0 spiro atoms. The lowest BCUT2D eigenvalue weighted by Crippen LogP contribution is -2.42. The predicted octanol–water partition coefficient (Wildman–Crippen LogP) is 1.27. The molecule has 0 aromatic carbocycles. The van der Waals surface area contributed by atoms with Gasteiger partial charge < -0.3 is 10.1 Å². The number of ether oxygens (including phenoxy) is 1. The zero-order valence-electron chi connectivity index (χ0n) is 10.6. The van der Waals surface area contributed by atoms with E-state index in [-0.39, 0.29) is 6.10 Å². The number of piperazine rings is 1. The van der Waals surface area contributed by atoms with Crippen molar-refractivity contribution in [3.63, 3.8) is 0 Å². The van der Waals surface area contributed by atoms with Gasteiger partial charge in [-0.05, 0) is 19.9 Å². The molecule has 1 fully saturated rings. The summed E-state index contributed by atoms with van der Waals surface area (Å²) in [6.07, 6.45) is 3.91. The van der Waals surface area contributed by atoms with Crippen molar-refractivity contribution in [1.29, 1.82) is 0 Å². The van der Waals surface area contributed by atoms with Gasteiger partial charge in [0.05, 0.1) is 6.10 Å². The van der Waals surface area contributed by atoms with Crippen molar-refractivity contribution in [2.45, 2.75) is 26.5 Å². The molecule has 0 bridgehead atoms. The summed E-state index contributed by atoms with van der Waals surface area (Å²) in [5, 5.41) is 3.36. The summed E-state index contributed by atoms with van der Waals surface area (Å²) in [6, 6.07) is 1.96. The molecule has 4 heteroatoms. The second kappa shape index (κ2) is 5.98. The predicted molar refractivity (Wildman–Crippen MR) is 68.1 cm³/mol. The monoisotopic (exact) mass is 235 g/mol. The summed E-state index contributed by atoms with van der Waals surface area (Å²) < 4.78 is 5.80. The standard InChI is InChI=1S/C13H21N3O/c1-11(2)17-13-3-4-15-9-12(13)10-16-7-5-14-6-8-16/h3-4,9,11,14H,5-8,10H2,1-2H3. The smallest absolute Gasteiger partial charge is 0.127 e. The number of pyridine rings is 1. The normalized spacial score (nSPS) is 17.4. The van der Waals surface area contributed by atoms with Crippen molar-refractivity contribution in [2.75, 3.05) is 26.2 Å². The first-order valence-electron chi connectivity index (χ1n) is 6.28. The maximum atomic E-state index is 5.80. The summed E-state index contributed by atoms with van der Waals surface area (Å²) in [7, 11) is 0. The van der Waals surface area contributed by atoms with Crippen LogP contribution in [-0.4, -0.2) is 42.2 Å². The van der Waals surface area contributed by atoms with Crippen molar-refractivity contribution < 1.29 is 4.74 Å². The number of nitrogens with one attached hydrogen (secondary N) is 1. The van der Waals surface area contributed by atoms with Gasteiger partial charge in [0.1, 0.15) is 5.75 Å². The SMILES string of the molecule is CC(C)Oc1ccncc1CN1CCNCC1. The molecule has 1 saturated heterocycles. The molecule has 94 valence electrons. The highest BCUT2D eigenvalue weighted by atomic mass is 16.5. The maximum absolute atomic E-state index is 5.80. The molecule has 17 heavy (non-hydrogen) atoms. The third kappa shape index (κ3) is 3.68. The first-order valence-corrected chi connectivity index (χ1v) is 6.28. The second-order valence-corrected chi connectivity index (χ2v) is 4.68. The molecular formula is C13H21N3O. The van der Waals surface area contributed by atoms with Crippen LogP contribution in [0.3, 0.4) is 0 Å². The van der Waals surface area contributed by atoms with Gasteiger partial charge in [0.2, 0.25) is 0 Å². The van der Waals surface area contributed by atoms with Crippen LogP contribution in [0, 0.1) is 0 Å². The Bertz CT molecular complexity index is 348. The molecular weight excluding hydrogens is 214 g/mol. The van der Waals surface area contributed by atoms with Crippen LogP contribution in [0.15, 0.2) is 18.5 Å². The van der Waals surface area contributed by atoms with E-state index in [0.717, 1.165) is 38.5 Å². The van der Waals surface area contributed by atoms with Crippen LogP contribution >= 0.6 is 0 Å². The zero-order valence-corrected chi connectivity index (χ0v) is 10.6. The fraction of sp³-hybridized carbons (Fsp3) is 0.615. The number of rotatable bonds is 4. The number of aromatic nitrogens is 1. The Morgan fingerprint density at radius 3 is 2.88 bits per heavy atom. The summed E-state index contributed by atoms with van der Waals surface area (Å²) >= 11 is 0. The van der Waals surface area contributed by atoms with E-state index in [1.54, 1.807) is 6.20 Å². The molecule has 1 N–H and O–H groups in total. The van der Waals surface area contributed by atoms with E-state index >= 15 is 0 Å². The lowest BCUT2D eigenvalue weighted by atomic mass is 10.2. The molecule has 0 atom stereocenters. The summed E-state index contributed by atoms with van der Waals surface area (Å²) in [6.45, 7) is 9.36. The van der Waals surface area contributed by atoms with Crippen molar-refractivity contribution >= 4 is 0 Å². The molecule has 0 unspecified atom stereocenters. The Labute approximate surface area is 103 Å². The van der Waals surface area contributed by atoms with Crippen LogP contribution in [-0.2, 0) is 6.54 Å². The van der Waals surface area contributed by atoms with Crippen LogP contribution in [0.1, 0.15) is 19.4 Å². The molecule has 2 heterocycles. The summed E-state index contributed by atoms with van der Waals surface area (Å²) in [4.78, 5) is 6.63. The molecule has 0 amide bonds. The highest BCUT2D eigenvalue weighted by Crippen LogP contribution is 2.20. The molecule has 1 aromatic heterocycles. The summed E-state index contributed by atoms with van der Waals surface area (Å²) in [5.74, 6) is 0.966. The average molecular weight is 235 g/mol. The van der Waals surface area contributed by atoms with Crippen LogP contribution in [0.4, 0.5) is 0 Å². The first kappa shape index (κ1) is 12.3. The molecule has 4 nitrogen and oxygen atoms in total. The average Bonchev–Trinajstić information content (AvgIpc) is 2.32. The minimum absolute atomic E-state index is 0.208. The molecule has 0 radical (unpaired) electrons. The van der Waals surface area contributed by atoms with E-state index in [1.807, 2.05) is 12.3 Å². The van der Waals surface area contributed by atoms with E-state index in [0.29, 0.717) is 0 Å². The van der Waals surface area contributed by atoms with Crippen LogP contribution < -0.4 is 10.1 Å². The Morgan fingerprint density at radius 2 is 2.18 bits per heavy atom. The highest BCUT2D eigenvalue weighted by molar-refractivity contribution is 5.30. The fourth-order valence-corrected chi connectivity index (χ4v) is 2.01. The molecule has 1 aliphatic heterocycles. The van der Waals surface area contributed by atoms with Crippen LogP contribution in [0.5, 0.6) is 5.75 Å². The molecule has 1 aromatic rings. The Balaban J connectivity index is 2.03. The number of hydrogen-bond acceptors (Lipinski definition) is 4. The minimum atomic E-state index is 0.208. The van der Waals surface area contributed by atoms with Crippen molar-refractivity contribution in [3.8, 4) is 5.75 Å². The number of nitrogens with zero attached hydrogens (tertiary/aromatic N) is 2. The second-order valence-electron chi connectivity index (χ2n) is 4.68. The third-order valence-electron chi connectivity index (χ3n) is 2.83. The van der Waals surface area contributed by atoms with Gasteiger partial charge in [-0.3, -0.25) is 9.88 Å². The van der Waals surface area contributed by atoms with Crippen molar-refractivity contribution in [1.82, 2.24) is 15.2 Å². The van der Waals surface area contributed by atoms with Crippen LogP contribution in [0.2, 0.25) is 0 Å². The van der Waals surface area contributed by atoms with E-state index in [2.05, 4.69) is 29.0 Å². The zero-order chi connectivity index (χ0) is 12.1. The fourth-order valence-electron chi connectivity index (χ4n) is 2.01. The van der Waals surface area contributed by atoms with E-state index < -0.39 is 0 Å². The molecule has 0 saturated carbocycles. The Hall–Kier alpha value is -1.13. The highest BCUT2D eigenvalue weighted by Gasteiger charge is 2.13. The third-order valence-corrected chi connectivity index (χ3v) is 2.83. The summed E-state index contributed by atoms with van der Waals surface area (Å²) in [5.41, 5.74) is 1.18. The molecule has 2 rings (SSSR count). The van der Waals surface area contributed by atoms with Gasteiger partial charge in [0.25, 0.3) is 0 Å². The first-order chi connectivity index (χ1) is 8.25. The van der Waals surface area contributed by atoms with Gasteiger partial charge in [-0.1, -0.05) is 0 Å². The van der Waals surface area contributed by atoms with Crippen LogP contribution in [0.25, 0.3) is 0 Å². The van der Waals surface area contributed by atoms with Crippen molar-refractivity contribution in [2.24, 2.45) is 0 Å². The van der Waals surface area contributed by atoms with Gasteiger partial charge in [-0.15, -0.1) is 0 Å². The van der Waals surface area contributed by atoms with E-state index in [9.17, 15) is 0 Å². The Kier molecular flexibility index (Phi) is 4.34. The quantitative estimate of drug-likeness (QED) is 0.853. The maximum Gasteiger partial charge on any atom is 0.127 e. The lowest BCUT2D eigenvalue weighted by molar-refractivity contribution is 0.214. The minimum Gasteiger partial charge on any atom is -0.491 e. The topological polar surface area (TPSA) is 37.4 Å². The largest absolute Gasteiger partial charge is 0.491 e. The van der Waals surface area contributed by atoms with E-state index in [4.69, 9.17) is 4.74 Å². The van der Waals surface area contributed by atoms with Gasteiger partial charge in [-0.2, -0.15) is 0 Å². The van der Waals surface area contributed by atoms with Crippen molar-refractivity contribution in [3.05, 3.63) is 24.0 Å². The van der Waals surface area contributed by atoms with Gasteiger partial charge in [0.15, 0.2) is 0 Å². The lowest BCUT2D eigenvalue weighted by Gasteiger charge is -2.27. The molecule has 0 aliphatic carbocycles. The number of hydrogen-bond donors (Lipinski definition) is 1. The van der Waals surface area contributed by atoms with Gasteiger partial charge >= 0.3 is 0 Å². The van der Waals surface area contributed by atoms with Gasteiger partial charge in [0, 0.05) is 50.7 Å².